The van der Waals surface area contributed by atoms with E-state index in [4.69, 9.17) is 19.4 Å². The average Bonchev–Trinajstić information content (AvgIpc) is 3.36. The molecule has 0 spiro atoms. The number of para-hydroxylation sites is 3. The number of benzene rings is 3. The maximum atomic E-state index is 5.50. The molecule has 0 aliphatic carbocycles. The van der Waals surface area contributed by atoms with Gasteiger partial charge in [-0.15, -0.1) is 0 Å². The van der Waals surface area contributed by atoms with Gasteiger partial charge in [-0.05, 0) is 42.0 Å². The fourth-order valence-corrected chi connectivity index (χ4v) is 4.54. The Morgan fingerprint density at radius 1 is 0.857 bits per heavy atom. The predicted octanol–water partition coefficient (Wildman–Crippen LogP) is 5.06. The quantitative estimate of drug-likeness (QED) is 0.321. The lowest BCUT2D eigenvalue weighted by atomic mass is 10.2. The molecule has 3 heterocycles. The van der Waals surface area contributed by atoms with Crippen molar-refractivity contribution in [2.45, 2.75) is 10.9 Å². The lowest BCUT2D eigenvalue weighted by molar-refractivity contribution is 0.174. The summed E-state index contributed by atoms with van der Waals surface area (Å²) < 4.78 is 13.1. The van der Waals surface area contributed by atoms with Gasteiger partial charge in [0.1, 0.15) is 5.65 Å². The van der Waals surface area contributed by atoms with Gasteiger partial charge in [-0.25, -0.2) is 9.97 Å². The largest absolute Gasteiger partial charge is 0.454 e. The molecule has 0 amide bonds. The predicted molar refractivity (Wildman–Crippen MR) is 110 cm³/mol. The van der Waals surface area contributed by atoms with Crippen molar-refractivity contribution in [1.82, 2.24) is 14.4 Å². The lowest BCUT2D eigenvalue weighted by Crippen LogP contribution is -1.97. The van der Waals surface area contributed by atoms with Crippen LogP contribution in [0.15, 0.2) is 71.9 Å². The van der Waals surface area contributed by atoms with E-state index in [1.807, 2.05) is 48.5 Å². The second-order valence-corrected chi connectivity index (χ2v) is 7.59. The number of fused-ring (bicyclic) bond motifs is 6. The van der Waals surface area contributed by atoms with Gasteiger partial charge in [0, 0.05) is 11.1 Å². The third kappa shape index (κ3) is 2.42. The molecule has 1 aliphatic rings. The zero-order valence-electron chi connectivity index (χ0n) is 14.8. The van der Waals surface area contributed by atoms with Crippen LogP contribution in [0.25, 0.3) is 27.6 Å². The van der Waals surface area contributed by atoms with E-state index >= 15 is 0 Å². The number of aromatic nitrogens is 3. The van der Waals surface area contributed by atoms with Crippen LogP contribution >= 0.6 is 11.8 Å². The highest BCUT2D eigenvalue weighted by Gasteiger charge is 2.16. The fraction of sp³-hybridized carbons (Fsp3) is 0.0909. The highest BCUT2D eigenvalue weighted by Crippen LogP contribution is 2.35. The first-order chi connectivity index (χ1) is 13.9. The number of rotatable bonds is 3. The van der Waals surface area contributed by atoms with Crippen molar-refractivity contribution >= 4 is 39.3 Å². The maximum Gasteiger partial charge on any atom is 0.231 e. The van der Waals surface area contributed by atoms with E-state index in [9.17, 15) is 0 Å². The van der Waals surface area contributed by atoms with E-state index < -0.39 is 0 Å². The van der Waals surface area contributed by atoms with Crippen LogP contribution < -0.4 is 9.47 Å². The van der Waals surface area contributed by atoms with Gasteiger partial charge in [-0.2, -0.15) is 0 Å². The summed E-state index contributed by atoms with van der Waals surface area (Å²) in [6, 6.07) is 22.4. The van der Waals surface area contributed by atoms with Crippen molar-refractivity contribution in [3.63, 3.8) is 0 Å². The van der Waals surface area contributed by atoms with Gasteiger partial charge in [0.25, 0.3) is 0 Å². The third-order valence-electron chi connectivity index (χ3n) is 4.92. The summed E-state index contributed by atoms with van der Waals surface area (Å²) in [6.45, 7) is 0.291. The Bertz CT molecular complexity index is 1360. The van der Waals surface area contributed by atoms with Gasteiger partial charge in [0.05, 0.1) is 16.6 Å². The van der Waals surface area contributed by atoms with Crippen molar-refractivity contribution in [1.29, 1.82) is 0 Å². The lowest BCUT2D eigenvalue weighted by Gasteiger charge is -2.09. The third-order valence-corrected chi connectivity index (χ3v) is 5.93. The summed E-state index contributed by atoms with van der Waals surface area (Å²) in [7, 11) is 0. The second-order valence-electron chi connectivity index (χ2n) is 6.65. The highest BCUT2D eigenvalue weighted by atomic mass is 32.2. The highest BCUT2D eigenvalue weighted by molar-refractivity contribution is 7.98. The fourth-order valence-electron chi connectivity index (χ4n) is 3.59. The number of ether oxygens (including phenoxy) is 2. The smallest absolute Gasteiger partial charge is 0.231 e. The van der Waals surface area contributed by atoms with Gasteiger partial charge in [-0.3, -0.25) is 4.40 Å². The molecule has 0 radical (unpaired) electrons. The summed E-state index contributed by atoms with van der Waals surface area (Å²) in [5.41, 5.74) is 5.12. The monoisotopic (exact) mass is 385 g/mol. The van der Waals surface area contributed by atoms with Gasteiger partial charge >= 0.3 is 0 Å². The first kappa shape index (κ1) is 15.8. The molecule has 0 unspecified atom stereocenters. The van der Waals surface area contributed by atoms with Crippen molar-refractivity contribution in [2.75, 3.05) is 6.79 Å². The first-order valence-electron chi connectivity index (χ1n) is 9.04. The minimum atomic E-state index is 0.291. The normalized spacial score (nSPS) is 13.0. The van der Waals surface area contributed by atoms with Gasteiger partial charge in [0.2, 0.25) is 6.79 Å². The van der Waals surface area contributed by atoms with E-state index in [0.29, 0.717) is 6.79 Å². The summed E-state index contributed by atoms with van der Waals surface area (Å²) in [5.74, 6) is 2.40. The van der Waals surface area contributed by atoms with Crippen molar-refractivity contribution < 1.29 is 9.47 Å². The van der Waals surface area contributed by atoms with E-state index in [-0.39, 0.29) is 0 Å². The minimum Gasteiger partial charge on any atom is -0.454 e. The molecule has 1 aliphatic heterocycles. The van der Waals surface area contributed by atoms with Crippen LogP contribution in [0.5, 0.6) is 11.5 Å². The SMILES string of the molecule is c1ccc2c(c1)nc(SCc1ccc3c(c1)OCO3)n1c3ccccc3nc21. The number of imidazole rings is 1. The second kappa shape index (κ2) is 6.14. The first-order valence-corrected chi connectivity index (χ1v) is 10.0. The Kier molecular flexibility index (Phi) is 3.46. The Labute approximate surface area is 164 Å². The maximum absolute atomic E-state index is 5.50. The number of thioether (sulfide) groups is 1. The van der Waals surface area contributed by atoms with Crippen LogP contribution in [0.1, 0.15) is 5.56 Å². The van der Waals surface area contributed by atoms with E-state index in [1.54, 1.807) is 11.8 Å². The Morgan fingerprint density at radius 2 is 1.68 bits per heavy atom. The van der Waals surface area contributed by atoms with E-state index in [0.717, 1.165) is 50.0 Å². The molecular weight excluding hydrogens is 370 g/mol. The van der Waals surface area contributed by atoms with Crippen molar-refractivity contribution in [2.24, 2.45) is 0 Å². The molecule has 0 bridgehead atoms. The molecule has 6 heteroatoms. The molecule has 28 heavy (non-hydrogen) atoms. The summed E-state index contributed by atoms with van der Waals surface area (Å²) in [5, 5.41) is 1.99. The number of hydrogen-bond donors (Lipinski definition) is 0. The Hall–Kier alpha value is -3.25. The van der Waals surface area contributed by atoms with Crippen LogP contribution in [0.2, 0.25) is 0 Å². The zero-order valence-corrected chi connectivity index (χ0v) is 15.6. The van der Waals surface area contributed by atoms with E-state index in [2.05, 4.69) is 22.6 Å². The molecule has 5 nitrogen and oxygen atoms in total. The van der Waals surface area contributed by atoms with Gasteiger partial charge in [-0.1, -0.05) is 42.1 Å². The van der Waals surface area contributed by atoms with E-state index in [1.165, 1.54) is 5.56 Å². The molecule has 0 fully saturated rings. The summed E-state index contributed by atoms with van der Waals surface area (Å²) in [4.78, 5) is 9.82. The Morgan fingerprint density at radius 3 is 2.64 bits per heavy atom. The number of nitrogens with zero attached hydrogens (tertiary/aromatic N) is 3. The molecular formula is C22H15N3O2S. The van der Waals surface area contributed by atoms with Crippen LogP contribution in [-0.4, -0.2) is 21.2 Å². The van der Waals surface area contributed by atoms with Crippen LogP contribution in [0.4, 0.5) is 0 Å². The number of hydrogen-bond acceptors (Lipinski definition) is 5. The van der Waals surface area contributed by atoms with Gasteiger partial charge in [0.15, 0.2) is 16.7 Å². The molecule has 0 saturated carbocycles. The molecule has 3 aromatic carbocycles. The minimum absolute atomic E-state index is 0.291. The topological polar surface area (TPSA) is 48.7 Å². The van der Waals surface area contributed by atoms with Crippen molar-refractivity contribution in [3.8, 4) is 11.5 Å². The molecule has 2 aromatic heterocycles. The standard InChI is InChI=1S/C22H15N3O2S/c1-2-6-16-15(5-1)21-23-17-7-3-4-8-18(17)25(21)22(24-16)28-12-14-9-10-19-20(11-14)27-13-26-19/h1-11H,12-13H2. The molecule has 136 valence electrons. The van der Waals surface area contributed by atoms with Crippen LogP contribution in [-0.2, 0) is 5.75 Å². The summed E-state index contributed by atoms with van der Waals surface area (Å²) in [6.07, 6.45) is 0. The Balaban J connectivity index is 1.49. The molecule has 0 N–H and O–H groups in total. The van der Waals surface area contributed by atoms with Crippen LogP contribution in [0, 0.1) is 0 Å². The molecule has 0 saturated heterocycles. The van der Waals surface area contributed by atoms with Crippen LogP contribution in [0.3, 0.4) is 0 Å². The summed E-state index contributed by atoms with van der Waals surface area (Å²) >= 11 is 1.70. The zero-order chi connectivity index (χ0) is 18.5. The molecule has 6 rings (SSSR count). The average molecular weight is 385 g/mol. The van der Waals surface area contributed by atoms with Gasteiger partial charge < -0.3 is 9.47 Å². The molecule has 5 aromatic rings. The molecule has 0 atom stereocenters. The van der Waals surface area contributed by atoms with Crippen molar-refractivity contribution in [3.05, 3.63) is 72.3 Å².